The zero-order valence-electron chi connectivity index (χ0n) is 17.3. The number of ether oxygens (including phenoxy) is 1. The van der Waals surface area contributed by atoms with Crippen molar-refractivity contribution in [3.8, 4) is 5.75 Å². The molecular weight excluding hydrogens is 362 g/mol. The fourth-order valence-corrected chi connectivity index (χ4v) is 5.54. The van der Waals surface area contributed by atoms with Crippen molar-refractivity contribution in [2.24, 2.45) is 5.92 Å². The summed E-state index contributed by atoms with van der Waals surface area (Å²) in [6.07, 6.45) is 3.10. The molecular formula is C24H29N3O2. The first-order valence-corrected chi connectivity index (χ1v) is 10.6. The van der Waals surface area contributed by atoms with Crippen LogP contribution in [0.3, 0.4) is 0 Å². The molecule has 2 aromatic carbocycles. The highest BCUT2D eigenvalue weighted by Gasteiger charge is 2.42. The van der Waals surface area contributed by atoms with Crippen molar-refractivity contribution in [3.63, 3.8) is 0 Å². The lowest BCUT2D eigenvalue weighted by Crippen LogP contribution is -2.49. The van der Waals surface area contributed by atoms with Crippen molar-refractivity contribution in [1.29, 1.82) is 0 Å². The SMILES string of the molecule is COc1cccc2c1N(C)C(=O)C(CN1CCC3(CC1)CNc1ccccc13)C2. The van der Waals surface area contributed by atoms with Gasteiger partial charge in [-0.1, -0.05) is 30.3 Å². The summed E-state index contributed by atoms with van der Waals surface area (Å²) in [5.74, 6) is 1.00. The second-order valence-electron chi connectivity index (χ2n) is 8.75. The molecule has 5 nitrogen and oxygen atoms in total. The molecule has 5 rings (SSSR count). The van der Waals surface area contributed by atoms with Crippen LogP contribution in [-0.2, 0) is 16.6 Å². The van der Waals surface area contributed by atoms with E-state index in [9.17, 15) is 4.79 Å². The van der Waals surface area contributed by atoms with E-state index in [0.717, 1.165) is 56.9 Å². The first kappa shape index (κ1) is 18.5. The predicted octanol–water partition coefficient (Wildman–Crippen LogP) is 3.29. The van der Waals surface area contributed by atoms with Crippen LogP contribution in [-0.4, -0.2) is 51.1 Å². The molecule has 1 unspecified atom stereocenters. The molecule has 1 N–H and O–H groups in total. The number of hydrogen-bond donors (Lipinski definition) is 1. The molecule has 0 radical (unpaired) electrons. The van der Waals surface area contributed by atoms with E-state index in [1.165, 1.54) is 16.8 Å². The molecule has 2 aromatic rings. The highest BCUT2D eigenvalue weighted by Crippen LogP contribution is 2.44. The molecule has 0 aliphatic carbocycles. The number of carbonyl (C=O) groups is 1. The van der Waals surface area contributed by atoms with Crippen molar-refractivity contribution in [2.45, 2.75) is 24.7 Å². The van der Waals surface area contributed by atoms with E-state index in [1.807, 2.05) is 19.2 Å². The number of amides is 1. The quantitative estimate of drug-likeness (QED) is 0.872. The largest absolute Gasteiger partial charge is 0.495 e. The summed E-state index contributed by atoms with van der Waals surface area (Å²) < 4.78 is 5.49. The average Bonchev–Trinajstić information content (AvgIpc) is 3.11. The van der Waals surface area contributed by atoms with Crippen LogP contribution in [0.15, 0.2) is 42.5 Å². The number of fused-ring (bicyclic) bond motifs is 3. The molecule has 29 heavy (non-hydrogen) atoms. The summed E-state index contributed by atoms with van der Waals surface area (Å²) >= 11 is 0. The average molecular weight is 392 g/mol. The summed E-state index contributed by atoms with van der Waals surface area (Å²) in [7, 11) is 3.54. The van der Waals surface area contributed by atoms with Crippen LogP contribution < -0.4 is 15.0 Å². The Kier molecular flexibility index (Phi) is 4.50. The Bertz CT molecular complexity index is 933. The maximum Gasteiger partial charge on any atom is 0.231 e. The molecule has 0 bridgehead atoms. The lowest BCUT2D eigenvalue weighted by atomic mass is 9.74. The maximum atomic E-state index is 13.1. The van der Waals surface area contributed by atoms with Crippen LogP contribution in [0.4, 0.5) is 11.4 Å². The molecule has 0 saturated carbocycles. The van der Waals surface area contributed by atoms with Crippen molar-refractivity contribution in [1.82, 2.24) is 4.90 Å². The van der Waals surface area contributed by atoms with E-state index in [4.69, 9.17) is 4.74 Å². The number of anilines is 2. The number of piperidine rings is 1. The minimum atomic E-state index is 0.0163. The molecule has 1 saturated heterocycles. The number of para-hydroxylation sites is 2. The topological polar surface area (TPSA) is 44.8 Å². The van der Waals surface area contributed by atoms with Crippen LogP contribution in [0.25, 0.3) is 0 Å². The summed E-state index contributed by atoms with van der Waals surface area (Å²) in [6, 6.07) is 14.8. The van der Waals surface area contributed by atoms with Gasteiger partial charge >= 0.3 is 0 Å². The minimum Gasteiger partial charge on any atom is -0.495 e. The van der Waals surface area contributed by atoms with Gasteiger partial charge in [0.2, 0.25) is 5.91 Å². The molecule has 1 amide bonds. The van der Waals surface area contributed by atoms with E-state index in [-0.39, 0.29) is 17.2 Å². The molecule has 1 spiro atoms. The van der Waals surface area contributed by atoms with Gasteiger partial charge in [0.15, 0.2) is 0 Å². The normalized spacial score (nSPS) is 22.9. The zero-order chi connectivity index (χ0) is 20.0. The fourth-order valence-electron chi connectivity index (χ4n) is 5.54. The predicted molar refractivity (Wildman–Crippen MR) is 116 cm³/mol. The van der Waals surface area contributed by atoms with Crippen LogP contribution >= 0.6 is 0 Å². The summed E-state index contributed by atoms with van der Waals surface area (Å²) in [5.41, 5.74) is 5.19. The Morgan fingerprint density at radius 2 is 1.93 bits per heavy atom. The first-order valence-electron chi connectivity index (χ1n) is 10.6. The van der Waals surface area contributed by atoms with Gasteiger partial charge in [0, 0.05) is 31.2 Å². The van der Waals surface area contributed by atoms with Crippen LogP contribution in [0, 0.1) is 5.92 Å². The number of nitrogens with zero attached hydrogens (tertiary/aromatic N) is 2. The molecule has 3 aliphatic rings. The Labute approximate surface area is 172 Å². The maximum absolute atomic E-state index is 13.1. The van der Waals surface area contributed by atoms with E-state index < -0.39 is 0 Å². The number of benzene rings is 2. The third-order valence-corrected chi connectivity index (χ3v) is 7.19. The van der Waals surface area contributed by atoms with Gasteiger partial charge in [0.05, 0.1) is 18.7 Å². The summed E-state index contributed by atoms with van der Waals surface area (Å²) in [4.78, 5) is 17.4. The van der Waals surface area contributed by atoms with Crippen molar-refractivity contribution in [2.75, 3.05) is 50.6 Å². The van der Waals surface area contributed by atoms with Gasteiger partial charge in [0.1, 0.15) is 5.75 Å². The number of likely N-dealkylation sites (tertiary alicyclic amines) is 1. The second-order valence-corrected chi connectivity index (χ2v) is 8.75. The molecule has 1 atom stereocenters. The third kappa shape index (κ3) is 2.99. The van der Waals surface area contributed by atoms with Gasteiger partial charge in [-0.3, -0.25) is 4.79 Å². The highest BCUT2D eigenvalue weighted by molar-refractivity contribution is 5.99. The number of methoxy groups -OCH3 is 1. The standard InChI is InChI=1S/C24H29N3O2/c1-26-22-17(6-5-9-21(22)29-2)14-18(23(26)28)15-27-12-10-24(11-13-27)16-25-20-8-4-3-7-19(20)24/h3-9,18,25H,10-16H2,1-2H3. The Morgan fingerprint density at radius 3 is 2.72 bits per heavy atom. The number of carbonyl (C=O) groups excluding carboxylic acids is 1. The van der Waals surface area contributed by atoms with Crippen molar-refractivity contribution in [3.05, 3.63) is 53.6 Å². The minimum absolute atomic E-state index is 0.0163. The van der Waals surface area contributed by atoms with E-state index in [2.05, 4.69) is 40.5 Å². The summed E-state index contributed by atoms with van der Waals surface area (Å²) in [5, 5.41) is 3.60. The Morgan fingerprint density at radius 1 is 1.14 bits per heavy atom. The molecule has 3 aliphatic heterocycles. The van der Waals surface area contributed by atoms with Gasteiger partial charge in [0.25, 0.3) is 0 Å². The van der Waals surface area contributed by atoms with Crippen LogP contribution in [0.5, 0.6) is 5.75 Å². The van der Waals surface area contributed by atoms with E-state index in [1.54, 1.807) is 12.0 Å². The smallest absolute Gasteiger partial charge is 0.231 e. The lowest BCUT2D eigenvalue weighted by molar-refractivity contribution is -0.123. The lowest BCUT2D eigenvalue weighted by Gasteiger charge is -2.41. The Balaban J connectivity index is 1.28. The van der Waals surface area contributed by atoms with Crippen molar-refractivity contribution < 1.29 is 9.53 Å². The molecule has 0 aromatic heterocycles. The Hall–Kier alpha value is -2.53. The number of rotatable bonds is 3. The number of hydrogen-bond acceptors (Lipinski definition) is 4. The second kappa shape index (κ2) is 7.06. The first-order chi connectivity index (χ1) is 14.1. The molecule has 3 heterocycles. The van der Waals surface area contributed by atoms with E-state index >= 15 is 0 Å². The van der Waals surface area contributed by atoms with Gasteiger partial charge in [-0.25, -0.2) is 0 Å². The van der Waals surface area contributed by atoms with Gasteiger partial charge in [-0.05, 0) is 55.6 Å². The monoisotopic (exact) mass is 391 g/mol. The summed E-state index contributed by atoms with van der Waals surface area (Å²) in [6.45, 7) is 3.98. The number of nitrogens with one attached hydrogen (secondary N) is 1. The van der Waals surface area contributed by atoms with Crippen molar-refractivity contribution >= 4 is 17.3 Å². The fraction of sp³-hybridized carbons (Fsp3) is 0.458. The van der Waals surface area contributed by atoms with Crippen LogP contribution in [0.1, 0.15) is 24.0 Å². The van der Waals surface area contributed by atoms with Gasteiger partial charge in [-0.2, -0.15) is 0 Å². The molecule has 5 heteroatoms. The third-order valence-electron chi connectivity index (χ3n) is 7.19. The highest BCUT2D eigenvalue weighted by atomic mass is 16.5. The van der Waals surface area contributed by atoms with Crippen LogP contribution in [0.2, 0.25) is 0 Å². The van der Waals surface area contributed by atoms with Gasteiger partial charge < -0.3 is 19.9 Å². The molecule has 152 valence electrons. The van der Waals surface area contributed by atoms with E-state index in [0.29, 0.717) is 0 Å². The molecule has 1 fully saturated rings. The zero-order valence-corrected chi connectivity index (χ0v) is 17.3. The van der Waals surface area contributed by atoms with Gasteiger partial charge in [-0.15, -0.1) is 0 Å².